The molecule has 1 heterocycles. The van der Waals surface area contributed by atoms with Crippen molar-refractivity contribution in [1.82, 2.24) is 30.3 Å². The van der Waals surface area contributed by atoms with Crippen LogP contribution in [0.5, 0.6) is 0 Å². The van der Waals surface area contributed by atoms with E-state index in [9.17, 15) is 13.2 Å². The second-order valence-corrected chi connectivity index (χ2v) is 8.16. The van der Waals surface area contributed by atoms with Crippen molar-refractivity contribution in [3.8, 4) is 0 Å². The first kappa shape index (κ1) is 20.1. The molecule has 0 radical (unpaired) electrons. The van der Waals surface area contributed by atoms with Gasteiger partial charge in [0.2, 0.25) is 10.0 Å². The highest BCUT2D eigenvalue weighted by Gasteiger charge is 2.17. The molecule has 2 amide bonds. The Hall–Kier alpha value is -2.20. The zero-order chi connectivity index (χ0) is 19.3. The summed E-state index contributed by atoms with van der Waals surface area (Å²) in [4.78, 5) is 11.9. The van der Waals surface area contributed by atoms with Gasteiger partial charge in [-0.15, -0.1) is 5.10 Å². The maximum atomic E-state index is 12.2. The summed E-state index contributed by atoms with van der Waals surface area (Å²) >= 11 is 0. The van der Waals surface area contributed by atoms with Crippen LogP contribution in [0.3, 0.4) is 0 Å². The molecule has 2 rings (SSSR count). The van der Waals surface area contributed by atoms with Gasteiger partial charge < -0.3 is 10.6 Å². The van der Waals surface area contributed by atoms with E-state index in [1.807, 2.05) is 13.8 Å². The van der Waals surface area contributed by atoms with E-state index in [0.717, 1.165) is 6.42 Å². The van der Waals surface area contributed by atoms with E-state index in [2.05, 4.69) is 25.7 Å². The monoisotopic (exact) mass is 382 g/mol. The van der Waals surface area contributed by atoms with Crippen molar-refractivity contribution in [2.45, 2.75) is 57.6 Å². The van der Waals surface area contributed by atoms with Crippen LogP contribution in [-0.4, -0.2) is 48.1 Å². The number of carbonyl (C=O) groups excluding carboxylic acids is 1. The Balaban J connectivity index is 2.04. The average Bonchev–Trinajstić information content (AvgIpc) is 2.96. The fraction of sp³-hybridized carbons (Fsp3) is 0.562. The van der Waals surface area contributed by atoms with Gasteiger partial charge in [0.15, 0.2) is 0 Å². The average molecular weight is 382 g/mol. The smallest absolute Gasteiger partial charge is 0.315 e. The van der Waals surface area contributed by atoms with Crippen molar-refractivity contribution in [3.63, 3.8) is 0 Å². The Morgan fingerprint density at radius 3 is 2.65 bits per heavy atom. The lowest BCUT2D eigenvalue weighted by Crippen LogP contribution is -2.41. The summed E-state index contributed by atoms with van der Waals surface area (Å²) < 4.78 is 28.6. The van der Waals surface area contributed by atoms with Gasteiger partial charge in [-0.1, -0.05) is 12.1 Å². The molecule has 144 valence electrons. The molecular formula is C16H26N6O3S. The summed E-state index contributed by atoms with van der Waals surface area (Å²) in [5, 5.41) is 13.6. The van der Waals surface area contributed by atoms with Gasteiger partial charge in [-0.25, -0.2) is 22.6 Å². The van der Waals surface area contributed by atoms with E-state index >= 15 is 0 Å². The number of rotatable bonds is 8. The maximum absolute atomic E-state index is 12.2. The molecule has 0 aliphatic heterocycles. The molecule has 0 unspecified atom stereocenters. The summed E-state index contributed by atoms with van der Waals surface area (Å²) in [6.07, 6.45) is 0.859. The van der Waals surface area contributed by atoms with Crippen LogP contribution in [0.2, 0.25) is 0 Å². The van der Waals surface area contributed by atoms with Crippen LogP contribution in [0.4, 0.5) is 4.79 Å². The van der Waals surface area contributed by atoms with Gasteiger partial charge in [-0.3, -0.25) is 0 Å². The number of aromatic nitrogens is 3. The van der Waals surface area contributed by atoms with Gasteiger partial charge in [0.05, 0.1) is 17.0 Å². The number of hydrogen-bond acceptors (Lipinski definition) is 5. The normalized spacial score (nSPS) is 13.1. The number of nitrogens with zero attached hydrogens (tertiary/aromatic N) is 3. The lowest BCUT2D eigenvalue weighted by molar-refractivity contribution is 0.237. The maximum Gasteiger partial charge on any atom is 0.315 e. The standard InChI is InChI=1S/C16H26N6O3S/c1-5-12(4)18-16(23)17-8-9-22-15-7-6-13(10-14(15)19-21-22)26(24,25)20-11(2)3/h6-7,10-12,20H,5,8-9H2,1-4H3,(H2,17,18,23)/t12-/m1/s1. The minimum atomic E-state index is -3.58. The largest absolute Gasteiger partial charge is 0.336 e. The Labute approximate surface area is 153 Å². The summed E-state index contributed by atoms with van der Waals surface area (Å²) in [7, 11) is -3.58. The molecule has 0 fully saturated rings. The molecule has 0 saturated heterocycles. The summed E-state index contributed by atoms with van der Waals surface area (Å²) in [6.45, 7) is 8.27. The van der Waals surface area contributed by atoms with Crippen molar-refractivity contribution in [2.75, 3.05) is 6.54 Å². The number of nitrogens with one attached hydrogen (secondary N) is 3. The van der Waals surface area contributed by atoms with Gasteiger partial charge in [0.25, 0.3) is 0 Å². The highest BCUT2D eigenvalue weighted by molar-refractivity contribution is 7.89. The predicted molar refractivity (Wildman–Crippen MR) is 99.3 cm³/mol. The minimum Gasteiger partial charge on any atom is -0.336 e. The molecule has 0 spiro atoms. The van der Waals surface area contributed by atoms with E-state index in [-0.39, 0.29) is 23.0 Å². The van der Waals surface area contributed by atoms with Gasteiger partial charge >= 0.3 is 6.03 Å². The highest BCUT2D eigenvalue weighted by Crippen LogP contribution is 2.17. The first-order valence-corrected chi connectivity index (χ1v) is 10.1. The van der Waals surface area contributed by atoms with Crippen LogP contribution >= 0.6 is 0 Å². The molecule has 2 aromatic rings. The minimum absolute atomic E-state index is 0.113. The third-order valence-electron chi connectivity index (χ3n) is 3.79. The second kappa shape index (κ2) is 8.45. The Morgan fingerprint density at radius 1 is 1.27 bits per heavy atom. The molecule has 0 aliphatic carbocycles. The Kier molecular flexibility index (Phi) is 6.54. The number of hydrogen-bond donors (Lipinski definition) is 3. The molecule has 0 saturated carbocycles. The van der Waals surface area contributed by atoms with Crippen LogP contribution in [-0.2, 0) is 16.6 Å². The van der Waals surface area contributed by atoms with Crippen LogP contribution in [0.1, 0.15) is 34.1 Å². The lowest BCUT2D eigenvalue weighted by atomic mass is 10.3. The quantitative estimate of drug-likeness (QED) is 0.634. The number of sulfonamides is 1. The molecular weight excluding hydrogens is 356 g/mol. The molecule has 9 nitrogen and oxygen atoms in total. The first-order valence-electron chi connectivity index (χ1n) is 8.63. The fourth-order valence-electron chi connectivity index (χ4n) is 2.31. The van der Waals surface area contributed by atoms with Crippen molar-refractivity contribution >= 4 is 27.1 Å². The van der Waals surface area contributed by atoms with E-state index < -0.39 is 10.0 Å². The van der Waals surface area contributed by atoms with Gasteiger partial charge in [0.1, 0.15) is 5.52 Å². The predicted octanol–water partition coefficient (Wildman–Crippen LogP) is 1.22. The third kappa shape index (κ3) is 5.15. The van der Waals surface area contributed by atoms with Crippen LogP contribution in [0, 0.1) is 0 Å². The molecule has 0 bridgehead atoms. The van der Waals surface area contributed by atoms with Gasteiger partial charge in [0, 0.05) is 18.6 Å². The van der Waals surface area contributed by atoms with Gasteiger partial charge in [-0.05, 0) is 45.4 Å². The number of urea groups is 1. The van der Waals surface area contributed by atoms with E-state index in [4.69, 9.17) is 0 Å². The van der Waals surface area contributed by atoms with Crippen molar-refractivity contribution in [1.29, 1.82) is 0 Å². The van der Waals surface area contributed by atoms with E-state index in [1.165, 1.54) is 12.1 Å². The summed E-state index contributed by atoms with van der Waals surface area (Å²) in [6, 6.07) is 4.38. The number of fused-ring (bicyclic) bond motifs is 1. The fourth-order valence-corrected chi connectivity index (χ4v) is 3.59. The zero-order valence-electron chi connectivity index (χ0n) is 15.5. The number of carbonyl (C=O) groups is 1. The summed E-state index contributed by atoms with van der Waals surface area (Å²) in [5.41, 5.74) is 1.19. The topological polar surface area (TPSA) is 118 Å². The molecule has 10 heteroatoms. The van der Waals surface area contributed by atoms with Crippen LogP contribution < -0.4 is 15.4 Å². The molecule has 1 atom stereocenters. The number of amides is 2. The first-order chi connectivity index (χ1) is 12.2. The molecule has 1 aromatic carbocycles. The molecule has 3 N–H and O–H groups in total. The van der Waals surface area contributed by atoms with Crippen LogP contribution in [0.25, 0.3) is 11.0 Å². The van der Waals surface area contributed by atoms with Gasteiger partial charge in [-0.2, -0.15) is 0 Å². The lowest BCUT2D eigenvalue weighted by Gasteiger charge is -2.12. The third-order valence-corrected chi connectivity index (χ3v) is 5.44. The molecule has 0 aliphatic rings. The van der Waals surface area contributed by atoms with E-state index in [1.54, 1.807) is 24.6 Å². The zero-order valence-corrected chi connectivity index (χ0v) is 16.3. The van der Waals surface area contributed by atoms with Crippen molar-refractivity contribution in [3.05, 3.63) is 18.2 Å². The SMILES string of the molecule is CC[C@@H](C)NC(=O)NCCn1nnc2cc(S(=O)(=O)NC(C)C)ccc21. The molecule has 26 heavy (non-hydrogen) atoms. The Morgan fingerprint density at radius 2 is 2.00 bits per heavy atom. The second-order valence-electron chi connectivity index (χ2n) is 6.45. The van der Waals surface area contributed by atoms with Crippen molar-refractivity contribution in [2.24, 2.45) is 0 Å². The van der Waals surface area contributed by atoms with Crippen LogP contribution in [0.15, 0.2) is 23.1 Å². The number of benzene rings is 1. The summed E-state index contributed by atoms with van der Waals surface area (Å²) in [5.74, 6) is 0. The van der Waals surface area contributed by atoms with Crippen molar-refractivity contribution < 1.29 is 13.2 Å². The Bertz CT molecular complexity index is 862. The highest BCUT2D eigenvalue weighted by atomic mass is 32.2. The van der Waals surface area contributed by atoms with E-state index in [0.29, 0.717) is 24.1 Å². The molecule has 1 aromatic heterocycles.